The van der Waals surface area contributed by atoms with Gasteiger partial charge in [0, 0.05) is 25.0 Å². The molecule has 1 unspecified atom stereocenters. The molecule has 0 spiro atoms. The number of ether oxygens (including phenoxy) is 1. The Morgan fingerprint density at radius 1 is 1.23 bits per heavy atom. The fourth-order valence-corrected chi connectivity index (χ4v) is 2.16. The minimum Gasteiger partial charge on any atom is -0.497 e. The number of carbonyl (C=O) groups is 1. The molecule has 2 amide bonds. The third-order valence-electron chi connectivity index (χ3n) is 3.26. The molecule has 0 aliphatic rings. The number of rotatable bonds is 6. The minimum atomic E-state index is -0.174. The van der Waals surface area contributed by atoms with Crippen LogP contribution >= 0.6 is 0 Å². The maximum Gasteiger partial charge on any atom is 0.315 e. The molecule has 1 aromatic heterocycles. The van der Waals surface area contributed by atoms with E-state index in [2.05, 4.69) is 15.6 Å². The second-order valence-corrected chi connectivity index (χ2v) is 5.14. The molecule has 0 aliphatic carbocycles. The van der Waals surface area contributed by atoms with Crippen LogP contribution in [0.1, 0.15) is 18.1 Å². The number of nitrogens with one attached hydrogen (secondary N) is 2. The summed E-state index contributed by atoms with van der Waals surface area (Å²) in [6.07, 6.45) is 4.17. The SMILES string of the molecule is COc1cccc(CC(C)NC(=O)NCc2ccncc2)c1. The molecule has 1 heterocycles. The third-order valence-corrected chi connectivity index (χ3v) is 3.26. The van der Waals surface area contributed by atoms with E-state index in [0.29, 0.717) is 6.54 Å². The number of nitrogens with zero attached hydrogens (tertiary/aromatic N) is 1. The maximum atomic E-state index is 11.9. The van der Waals surface area contributed by atoms with Gasteiger partial charge in [-0.1, -0.05) is 12.1 Å². The summed E-state index contributed by atoms with van der Waals surface area (Å²) in [7, 11) is 1.65. The van der Waals surface area contributed by atoms with Crippen molar-refractivity contribution >= 4 is 6.03 Å². The molecule has 0 aliphatic heterocycles. The van der Waals surface area contributed by atoms with E-state index >= 15 is 0 Å². The van der Waals surface area contributed by atoms with Crippen LogP contribution in [-0.4, -0.2) is 24.2 Å². The molecule has 0 fully saturated rings. The normalized spacial score (nSPS) is 11.5. The number of aromatic nitrogens is 1. The monoisotopic (exact) mass is 299 g/mol. The smallest absolute Gasteiger partial charge is 0.315 e. The average Bonchev–Trinajstić information content (AvgIpc) is 2.54. The van der Waals surface area contributed by atoms with Crippen LogP contribution in [-0.2, 0) is 13.0 Å². The number of pyridine rings is 1. The number of hydrogen-bond acceptors (Lipinski definition) is 3. The highest BCUT2D eigenvalue weighted by molar-refractivity contribution is 5.74. The zero-order valence-corrected chi connectivity index (χ0v) is 12.9. The highest BCUT2D eigenvalue weighted by atomic mass is 16.5. The Kier molecular flexibility index (Phi) is 5.77. The fraction of sp³-hybridized carbons (Fsp3) is 0.294. The zero-order valence-electron chi connectivity index (χ0n) is 12.9. The largest absolute Gasteiger partial charge is 0.497 e. The second-order valence-electron chi connectivity index (χ2n) is 5.14. The molecule has 5 nitrogen and oxygen atoms in total. The van der Waals surface area contributed by atoms with Crippen LogP contribution in [0, 0.1) is 0 Å². The summed E-state index contributed by atoms with van der Waals surface area (Å²) in [4.78, 5) is 15.8. The summed E-state index contributed by atoms with van der Waals surface area (Å²) in [6, 6.07) is 11.5. The molecule has 2 N–H and O–H groups in total. The van der Waals surface area contributed by atoms with Crippen LogP contribution in [0.4, 0.5) is 4.79 Å². The number of carbonyl (C=O) groups excluding carboxylic acids is 1. The van der Waals surface area contributed by atoms with Crippen molar-refractivity contribution in [2.24, 2.45) is 0 Å². The Morgan fingerprint density at radius 2 is 2.00 bits per heavy atom. The van der Waals surface area contributed by atoms with E-state index in [1.54, 1.807) is 19.5 Å². The van der Waals surface area contributed by atoms with Crippen LogP contribution in [0.15, 0.2) is 48.8 Å². The van der Waals surface area contributed by atoms with Gasteiger partial charge >= 0.3 is 6.03 Å². The van der Waals surface area contributed by atoms with E-state index in [1.165, 1.54) is 0 Å². The molecular formula is C17H21N3O2. The predicted octanol–water partition coefficient (Wildman–Crippen LogP) is 2.52. The van der Waals surface area contributed by atoms with Crippen LogP contribution in [0.3, 0.4) is 0 Å². The van der Waals surface area contributed by atoms with Gasteiger partial charge in [-0.3, -0.25) is 4.98 Å². The topological polar surface area (TPSA) is 63.2 Å². The van der Waals surface area contributed by atoms with Gasteiger partial charge in [-0.25, -0.2) is 4.79 Å². The molecule has 1 atom stereocenters. The van der Waals surface area contributed by atoms with Crippen molar-refractivity contribution < 1.29 is 9.53 Å². The van der Waals surface area contributed by atoms with Crippen molar-refractivity contribution in [3.63, 3.8) is 0 Å². The zero-order chi connectivity index (χ0) is 15.8. The molecular weight excluding hydrogens is 278 g/mol. The Labute approximate surface area is 130 Å². The van der Waals surface area contributed by atoms with Gasteiger partial charge < -0.3 is 15.4 Å². The highest BCUT2D eigenvalue weighted by Gasteiger charge is 2.08. The van der Waals surface area contributed by atoms with Gasteiger partial charge in [0.1, 0.15) is 5.75 Å². The van der Waals surface area contributed by atoms with E-state index in [9.17, 15) is 4.79 Å². The lowest BCUT2D eigenvalue weighted by atomic mass is 10.1. The number of methoxy groups -OCH3 is 1. The van der Waals surface area contributed by atoms with Gasteiger partial charge in [0.25, 0.3) is 0 Å². The lowest BCUT2D eigenvalue weighted by Crippen LogP contribution is -2.41. The van der Waals surface area contributed by atoms with Crippen molar-refractivity contribution in [1.29, 1.82) is 0 Å². The van der Waals surface area contributed by atoms with Gasteiger partial charge in [-0.05, 0) is 48.7 Å². The molecule has 116 valence electrons. The van der Waals surface area contributed by atoms with Gasteiger partial charge in [-0.2, -0.15) is 0 Å². The predicted molar refractivity (Wildman–Crippen MR) is 85.8 cm³/mol. The molecule has 2 aromatic rings. The maximum absolute atomic E-state index is 11.9. The molecule has 0 bridgehead atoms. The first-order valence-electron chi connectivity index (χ1n) is 7.23. The fourth-order valence-electron chi connectivity index (χ4n) is 2.16. The Bertz CT molecular complexity index is 602. The minimum absolute atomic E-state index is 0.0320. The van der Waals surface area contributed by atoms with Crippen LogP contribution in [0.2, 0.25) is 0 Å². The van der Waals surface area contributed by atoms with Crippen molar-refractivity contribution in [2.45, 2.75) is 25.9 Å². The van der Waals surface area contributed by atoms with Gasteiger partial charge in [0.05, 0.1) is 7.11 Å². The molecule has 2 rings (SSSR count). The molecule has 0 radical (unpaired) electrons. The molecule has 22 heavy (non-hydrogen) atoms. The summed E-state index contributed by atoms with van der Waals surface area (Å²) in [6.45, 7) is 2.46. The first-order chi connectivity index (χ1) is 10.7. The molecule has 1 aromatic carbocycles. The van der Waals surface area contributed by atoms with E-state index in [1.807, 2.05) is 43.3 Å². The lowest BCUT2D eigenvalue weighted by Gasteiger charge is -2.15. The first kappa shape index (κ1) is 15.8. The Morgan fingerprint density at radius 3 is 2.73 bits per heavy atom. The van der Waals surface area contributed by atoms with Crippen molar-refractivity contribution in [3.05, 3.63) is 59.9 Å². The number of urea groups is 1. The van der Waals surface area contributed by atoms with E-state index in [-0.39, 0.29) is 12.1 Å². The van der Waals surface area contributed by atoms with Crippen LogP contribution in [0.5, 0.6) is 5.75 Å². The third kappa shape index (κ3) is 5.09. The number of benzene rings is 1. The highest BCUT2D eigenvalue weighted by Crippen LogP contribution is 2.13. The quantitative estimate of drug-likeness (QED) is 0.861. The molecule has 0 saturated carbocycles. The molecule has 0 saturated heterocycles. The van der Waals surface area contributed by atoms with E-state index < -0.39 is 0 Å². The van der Waals surface area contributed by atoms with Crippen LogP contribution < -0.4 is 15.4 Å². The van der Waals surface area contributed by atoms with Gasteiger partial charge in [0.15, 0.2) is 0 Å². The standard InChI is InChI=1S/C17H21N3O2/c1-13(10-15-4-3-5-16(11-15)22-2)20-17(21)19-12-14-6-8-18-9-7-14/h3-9,11,13H,10,12H2,1-2H3,(H2,19,20,21). The van der Waals surface area contributed by atoms with E-state index in [4.69, 9.17) is 4.74 Å². The van der Waals surface area contributed by atoms with Gasteiger partial charge in [0.2, 0.25) is 0 Å². The van der Waals surface area contributed by atoms with Gasteiger partial charge in [-0.15, -0.1) is 0 Å². The van der Waals surface area contributed by atoms with Crippen molar-refractivity contribution in [1.82, 2.24) is 15.6 Å². The lowest BCUT2D eigenvalue weighted by molar-refractivity contribution is 0.237. The summed E-state index contributed by atoms with van der Waals surface area (Å²) in [5.41, 5.74) is 2.15. The summed E-state index contributed by atoms with van der Waals surface area (Å²) in [5, 5.41) is 5.77. The van der Waals surface area contributed by atoms with E-state index in [0.717, 1.165) is 23.3 Å². The summed E-state index contributed by atoms with van der Waals surface area (Å²) >= 11 is 0. The molecule has 5 heteroatoms. The average molecular weight is 299 g/mol. The van der Waals surface area contributed by atoms with Crippen molar-refractivity contribution in [3.8, 4) is 5.75 Å². The Balaban J connectivity index is 1.78. The second kappa shape index (κ2) is 8.02. The number of amides is 2. The summed E-state index contributed by atoms with van der Waals surface area (Å²) in [5.74, 6) is 0.826. The first-order valence-corrected chi connectivity index (χ1v) is 7.23. The number of hydrogen-bond donors (Lipinski definition) is 2. The van der Waals surface area contributed by atoms with Crippen molar-refractivity contribution in [2.75, 3.05) is 7.11 Å². The van der Waals surface area contributed by atoms with Crippen LogP contribution in [0.25, 0.3) is 0 Å². The Hall–Kier alpha value is -2.56. The summed E-state index contributed by atoms with van der Waals surface area (Å²) < 4.78 is 5.20.